The first-order valence-electron chi connectivity index (χ1n) is 9.62. The predicted octanol–water partition coefficient (Wildman–Crippen LogP) is 4.70. The molecule has 1 aliphatic rings. The van der Waals surface area contributed by atoms with Crippen molar-refractivity contribution < 1.29 is 4.79 Å². The first kappa shape index (κ1) is 17.4. The van der Waals surface area contributed by atoms with E-state index in [1.165, 1.54) is 16.8 Å². The second-order valence-electron chi connectivity index (χ2n) is 6.95. The van der Waals surface area contributed by atoms with E-state index in [4.69, 9.17) is 0 Å². The lowest BCUT2D eigenvalue weighted by molar-refractivity contribution is 0.168. The molecule has 1 aromatic heterocycles. The van der Waals surface area contributed by atoms with Crippen molar-refractivity contribution in [2.24, 2.45) is 0 Å². The Morgan fingerprint density at radius 3 is 2.63 bits per heavy atom. The van der Waals surface area contributed by atoms with Crippen molar-refractivity contribution in [1.82, 2.24) is 14.8 Å². The Bertz CT molecular complexity index is 916. The van der Waals surface area contributed by atoms with Crippen LogP contribution in [0.1, 0.15) is 36.2 Å². The second kappa shape index (κ2) is 7.70. The van der Waals surface area contributed by atoms with Gasteiger partial charge in [-0.2, -0.15) is 0 Å². The summed E-state index contributed by atoms with van der Waals surface area (Å²) in [5.41, 5.74) is 4.74. The van der Waals surface area contributed by atoms with Gasteiger partial charge in [-0.3, -0.25) is 0 Å². The fraction of sp³-hybridized carbons (Fsp3) is 0.261. The minimum atomic E-state index is 0.00207. The minimum Gasteiger partial charge on any atom is -0.338 e. The van der Waals surface area contributed by atoms with Crippen molar-refractivity contribution in [3.63, 3.8) is 0 Å². The second-order valence-corrected chi connectivity index (χ2v) is 6.95. The largest absolute Gasteiger partial charge is 0.338 e. The summed E-state index contributed by atoms with van der Waals surface area (Å²) in [7, 11) is 0. The molecule has 1 atom stereocenters. The van der Waals surface area contributed by atoms with Gasteiger partial charge < -0.3 is 14.8 Å². The van der Waals surface area contributed by atoms with E-state index in [0.29, 0.717) is 13.1 Å². The average Bonchev–Trinajstić information content (AvgIpc) is 3.13. The minimum absolute atomic E-state index is 0.00207. The van der Waals surface area contributed by atoms with Crippen LogP contribution in [0.25, 0.3) is 5.69 Å². The highest BCUT2D eigenvalue weighted by atomic mass is 16.2. The van der Waals surface area contributed by atoms with Crippen LogP contribution in [0.3, 0.4) is 0 Å². The van der Waals surface area contributed by atoms with Gasteiger partial charge in [-0.15, -0.1) is 0 Å². The number of aromatic nitrogens is 1. The maximum absolute atomic E-state index is 13.1. The van der Waals surface area contributed by atoms with Crippen molar-refractivity contribution >= 4 is 6.03 Å². The van der Waals surface area contributed by atoms with Gasteiger partial charge in [0.05, 0.1) is 18.3 Å². The smallest absolute Gasteiger partial charge is 0.318 e. The molecular formula is C23H25N3O. The molecule has 0 saturated heterocycles. The lowest BCUT2D eigenvalue weighted by Gasteiger charge is -2.29. The molecule has 1 aliphatic heterocycles. The Hall–Kier alpha value is -3.01. The molecule has 2 heterocycles. The summed E-state index contributed by atoms with van der Waals surface area (Å²) in [4.78, 5) is 15.0. The van der Waals surface area contributed by atoms with Gasteiger partial charge in [0.15, 0.2) is 0 Å². The SMILES string of the molecule is CCC1c2cccn2-c2ccccc2CN1C(=O)NCCc1ccccc1. The molecule has 0 aliphatic carbocycles. The van der Waals surface area contributed by atoms with Gasteiger partial charge in [0.25, 0.3) is 0 Å². The Balaban J connectivity index is 1.55. The van der Waals surface area contributed by atoms with E-state index in [1.54, 1.807) is 0 Å². The highest BCUT2D eigenvalue weighted by Crippen LogP contribution is 2.33. The molecule has 1 N–H and O–H groups in total. The van der Waals surface area contributed by atoms with Gasteiger partial charge in [-0.05, 0) is 42.2 Å². The lowest BCUT2D eigenvalue weighted by Crippen LogP contribution is -2.42. The number of fused-ring (bicyclic) bond motifs is 3. The Kier molecular flexibility index (Phi) is 4.97. The average molecular weight is 359 g/mol. The van der Waals surface area contributed by atoms with Crippen LogP contribution in [0.5, 0.6) is 0 Å². The van der Waals surface area contributed by atoms with Crippen molar-refractivity contribution in [3.8, 4) is 5.69 Å². The van der Waals surface area contributed by atoms with Gasteiger partial charge in [-0.25, -0.2) is 4.79 Å². The van der Waals surface area contributed by atoms with Crippen molar-refractivity contribution in [2.45, 2.75) is 32.4 Å². The number of urea groups is 1. The number of para-hydroxylation sites is 1. The van der Waals surface area contributed by atoms with Gasteiger partial charge in [0.2, 0.25) is 0 Å². The van der Waals surface area contributed by atoms with Crippen LogP contribution in [0.15, 0.2) is 72.9 Å². The molecule has 0 radical (unpaired) electrons. The van der Waals surface area contributed by atoms with E-state index in [9.17, 15) is 4.79 Å². The summed E-state index contributed by atoms with van der Waals surface area (Å²) >= 11 is 0. The number of hydrogen-bond donors (Lipinski definition) is 1. The summed E-state index contributed by atoms with van der Waals surface area (Å²) in [5, 5.41) is 3.12. The molecular weight excluding hydrogens is 334 g/mol. The van der Waals surface area contributed by atoms with E-state index >= 15 is 0 Å². The normalized spacial score (nSPS) is 15.6. The molecule has 3 aromatic rings. The first-order chi connectivity index (χ1) is 13.3. The molecule has 2 aromatic carbocycles. The summed E-state index contributed by atoms with van der Waals surface area (Å²) < 4.78 is 2.22. The van der Waals surface area contributed by atoms with E-state index < -0.39 is 0 Å². The fourth-order valence-electron chi connectivity index (χ4n) is 3.92. The number of carbonyl (C=O) groups excluding carboxylic acids is 1. The summed E-state index contributed by atoms with van der Waals surface area (Å²) in [6.07, 6.45) is 3.81. The van der Waals surface area contributed by atoms with Crippen LogP contribution in [-0.4, -0.2) is 22.0 Å². The molecule has 4 heteroatoms. The monoisotopic (exact) mass is 359 g/mol. The maximum Gasteiger partial charge on any atom is 0.318 e. The van der Waals surface area contributed by atoms with Crippen molar-refractivity contribution in [3.05, 3.63) is 89.7 Å². The zero-order valence-corrected chi connectivity index (χ0v) is 15.6. The maximum atomic E-state index is 13.1. The molecule has 0 fully saturated rings. The van der Waals surface area contributed by atoms with Crippen LogP contribution in [0, 0.1) is 0 Å². The molecule has 4 nitrogen and oxygen atoms in total. The molecule has 1 unspecified atom stereocenters. The predicted molar refractivity (Wildman–Crippen MR) is 108 cm³/mol. The highest BCUT2D eigenvalue weighted by Gasteiger charge is 2.30. The Morgan fingerprint density at radius 1 is 1.04 bits per heavy atom. The molecule has 0 bridgehead atoms. The van der Waals surface area contributed by atoms with Gasteiger partial charge in [0, 0.05) is 18.4 Å². The number of hydrogen-bond acceptors (Lipinski definition) is 1. The highest BCUT2D eigenvalue weighted by molar-refractivity contribution is 5.75. The number of rotatable bonds is 4. The topological polar surface area (TPSA) is 37.3 Å². The number of nitrogens with zero attached hydrogens (tertiary/aromatic N) is 2. The standard InChI is InChI=1S/C23H25N3O/c1-2-20-22-13-8-16-25(22)21-12-7-6-11-19(21)17-26(20)23(27)24-15-14-18-9-4-3-5-10-18/h3-13,16,20H,2,14-15,17H2,1H3,(H,24,27). The van der Waals surface area contributed by atoms with Crippen molar-refractivity contribution in [2.75, 3.05) is 6.54 Å². The first-order valence-corrected chi connectivity index (χ1v) is 9.62. The summed E-state index contributed by atoms with van der Waals surface area (Å²) in [5.74, 6) is 0. The number of nitrogens with one attached hydrogen (secondary N) is 1. The molecule has 0 saturated carbocycles. The molecule has 0 spiro atoms. The zero-order valence-electron chi connectivity index (χ0n) is 15.6. The molecule has 138 valence electrons. The van der Waals surface area contributed by atoms with Crippen LogP contribution in [0.4, 0.5) is 4.79 Å². The number of benzene rings is 2. The third kappa shape index (κ3) is 3.47. The number of carbonyl (C=O) groups is 1. The zero-order chi connectivity index (χ0) is 18.6. The van der Waals surface area contributed by atoms with E-state index in [1.807, 2.05) is 29.2 Å². The third-order valence-electron chi connectivity index (χ3n) is 5.27. The molecule has 2 amide bonds. The quantitative estimate of drug-likeness (QED) is 0.720. The van der Waals surface area contributed by atoms with Gasteiger partial charge >= 0.3 is 6.03 Å². The molecule has 4 rings (SSSR count). The molecule has 27 heavy (non-hydrogen) atoms. The van der Waals surface area contributed by atoms with Crippen LogP contribution >= 0.6 is 0 Å². The fourth-order valence-corrected chi connectivity index (χ4v) is 3.92. The van der Waals surface area contributed by atoms with Gasteiger partial charge in [0.1, 0.15) is 0 Å². The van der Waals surface area contributed by atoms with E-state index in [2.05, 4.69) is 65.5 Å². The summed E-state index contributed by atoms with van der Waals surface area (Å²) in [6.45, 7) is 3.40. The Labute approximate surface area is 160 Å². The summed E-state index contributed by atoms with van der Waals surface area (Å²) in [6, 6.07) is 22.8. The van der Waals surface area contributed by atoms with Crippen molar-refractivity contribution in [1.29, 1.82) is 0 Å². The van der Waals surface area contributed by atoms with E-state index in [-0.39, 0.29) is 12.1 Å². The Morgan fingerprint density at radius 2 is 1.81 bits per heavy atom. The number of amides is 2. The van der Waals surface area contributed by atoms with Crippen LogP contribution in [0.2, 0.25) is 0 Å². The third-order valence-corrected chi connectivity index (χ3v) is 5.27. The van der Waals surface area contributed by atoms with Crippen LogP contribution < -0.4 is 5.32 Å². The van der Waals surface area contributed by atoms with Crippen LogP contribution in [-0.2, 0) is 13.0 Å². The van der Waals surface area contributed by atoms with E-state index in [0.717, 1.165) is 18.5 Å². The van der Waals surface area contributed by atoms with Gasteiger partial charge in [-0.1, -0.05) is 55.5 Å². The lowest BCUT2D eigenvalue weighted by atomic mass is 10.1.